The van der Waals surface area contributed by atoms with Crippen LogP contribution in [0.15, 0.2) is 42.6 Å². The predicted molar refractivity (Wildman–Crippen MR) is 72.4 cm³/mol. The molecule has 3 aromatic rings. The van der Waals surface area contributed by atoms with Gasteiger partial charge < -0.3 is 5.32 Å². The molecule has 84 valence electrons. The van der Waals surface area contributed by atoms with Crippen molar-refractivity contribution in [1.29, 1.82) is 0 Å². The van der Waals surface area contributed by atoms with Gasteiger partial charge in [-0.3, -0.25) is 0 Å². The molecule has 0 unspecified atom stereocenters. The fourth-order valence-corrected chi connectivity index (χ4v) is 2.72. The van der Waals surface area contributed by atoms with Crippen LogP contribution in [0, 0.1) is 0 Å². The first-order valence-electron chi connectivity index (χ1n) is 5.37. The van der Waals surface area contributed by atoms with Crippen molar-refractivity contribution in [1.82, 2.24) is 9.97 Å². The summed E-state index contributed by atoms with van der Waals surface area (Å²) in [5.74, 6) is 0. The Hall–Kier alpha value is -1.94. The summed E-state index contributed by atoms with van der Waals surface area (Å²) in [5, 5.41) is 4.19. The SMILES string of the molecule is CNc1ccccc1-c1nc2cccnc2s1. The van der Waals surface area contributed by atoms with Gasteiger partial charge in [-0.25, -0.2) is 9.97 Å². The number of hydrogen-bond acceptors (Lipinski definition) is 4. The Kier molecular flexibility index (Phi) is 2.49. The monoisotopic (exact) mass is 241 g/mol. The summed E-state index contributed by atoms with van der Waals surface area (Å²) < 4.78 is 0. The van der Waals surface area contributed by atoms with E-state index in [0.717, 1.165) is 26.6 Å². The fourth-order valence-electron chi connectivity index (χ4n) is 1.77. The molecule has 0 saturated carbocycles. The molecule has 0 spiro atoms. The summed E-state index contributed by atoms with van der Waals surface area (Å²) in [6, 6.07) is 12.1. The molecule has 3 rings (SSSR count). The zero-order valence-electron chi connectivity index (χ0n) is 9.34. The molecule has 1 N–H and O–H groups in total. The Morgan fingerprint density at radius 3 is 2.82 bits per heavy atom. The highest BCUT2D eigenvalue weighted by atomic mass is 32.1. The number of benzene rings is 1. The van der Waals surface area contributed by atoms with Crippen molar-refractivity contribution in [2.24, 2.45) is 0 Å². The van der Waals surface area contributed by atoms with Gasteiger partial charge in [-0.05, 0) is 24.3 Å². The number of para-hydroxylation sites is 1. The van der Waals surface area contributed by atoms with E-state index in [1.54, 1.807) is 17.5 Å². The topological polar surface area (TPSA) is 37.8 Å². The lowest BCUT2D eigenvalue weighted by molar-refractivity contribution is 1.40. The molecule has 0 saturated heterocycles. The molecule has 0 aliphatic carbocycles. The Balaban J connectivity index is 2.20. The van der Waals surface area contributed by atoms with Crippen molar-refractivity contribution >= 4 is 27.4 Å². The zero-order chi connectivity index (χ0) is 11.7. The molecule has 4 heteroatoms. The van der Waals surface area contributed by atoms with Crippen molar-refractivity contribution in [2.75, 3.05) is 12.4 Å². The summed E-state index contributed by atoms with van der Waals surface area (Å²) in [6.07, 6.45) is 1.80. The Bertz CT molecular complexity index is 627. The van der Waals surface area contributed by atoms with Crippen LogP contribution < -0.4 is 5.32 Å². The van der Waals surface area contributed by atoms with E-state index >= 15 is 0 Å². The van der Waals surface area contributed by atoms with Crippen LogP contribution in [0.25, 0.3) is 20.9 Å². The van der Waals surface area contributed by atoms with Gasteiger partial charge in [-0.15, -0.1) is 0 Å². The van der Waals surface area contributed by atoms with E-state index in [-0.39, 0.29) is 0 Å². The van der Waals surface area contributed by atoms with Gasteiger partial charge in [0.1, 0.15) is 15.4 Å². The third-order valence-electron chi connectivity index (χ3n) is 2.59. The van der Waals surface area contributed by atoms with Gasteiger partial charge in [0.15, 0.2) is 0 Å². The van der Waals surface area contributed by atoms with Crippen LogP contribution in [-0.4, -0.2) is 17.0 Å². The quantitative estimate of drug-likeness (QED) is 0.747. The number of fused-ring (bicyclic) bond motifs is 1. The highest BCUT2D eigenvalue weighted by Gasteiger charge is 2.09. The van der Waals surface area contributed by atoms with Crippen LogP contribution in [0.4, 0.5) is 5.69 Å². The Labute approximate surface area is 103 Å². The van der Waals surface area contributed by atoms with E-state index in [1.165, 1.54) is 0 Å². The maximum absolute atomic E-state index is 4.61. The average Bonchev–Trinajstić information content (AvgIpc) is 2.82. The molecule has 0 amide bonds. The van der Waals surface area contributed by atoms with Crippen molar-refractivity contribution in [2.45, 2.75) is 0 Å². The average molecular weight is 241 g/mol. The molecule has 0 aliphatic rings. The fraction of sp³-hybridized carbons (Fsp3) is 0.0769. The van der Waals surface area contributed by atoms with Gasteiger partial charge in [-0.2, -0.15) is 0 Å². The second-order valence-corrected chi connectivity index (χ2v) is 4.62. The maximum atomic E-state index is 4.61. The second kappa shape index (κ2) is 4.14. The molecule has 2 aromatic heterocycles. The minimum Gasteiger partial charge on any atom is -0.388 e. The first-order chi connectivity index (χ1) is 8.38. The molecule has 0 bridgehead atoms. The summed E-state index contributed by atoms with van der Waals surface area (Å²) in [4.78, 5) is 9.91. The van der Waals surface area contributed by atoms with Crippen LogP contribution in [0.5, 0.6) is 0 Å². The number of pyridine rings is 1. The summed E-state index contributed by atoms with van der Waals surface area (Å²) >= 11 is 1.62. The number of rotatable bonds is 2. The van der Waals surface area contributed by atoms with E-state index < -0.39 is 0 Å². The van der Waals surface area contributed by atoms with Crippen LogP contribution in [0.2, 0.25) is 0 Å². The van der Waals surface area contributed by atoms with Crippen molar-refractivity contribution in [3.8, 4) is 10.6 Å². The highest BCUT2D eigenvalue weighted by Crippen LogP contribution is 2.33. The van der Waals surface area contributed by atoms with Crippen LogP contribution in [-0.2, 0) is 0 Å². The number of thiazole rings is 1. The number of anilines is 1. The van der Waals surface area contributed by atoms with Gasteiger partial charge in [0.25, 0.3) is 0 Å². The third kappa shape index (κ3) is 1.76. The van der Waals surface area contributed by atoms with Gasteiger partial charge in [-0.1, -0.05) is 23.5 Å². The molecule has 3 nitrogen and oxygen atoms in total. The first-order valence-corrected chi connectivity index (χ1v) is 6.19. The largest absolute Gasteiger partial charge is 0.388 e. The number of aromatic nitrogens is 2. The number of nitrogens with zero attached hydrogens (tertiary/aromatic N) is 2. The summed E-state index contributed by atoms with van der Waals surface area (Å²) in [5.41, 5.74) is 3.17. The lowest BCUT2D eigenvalue weighted by atomic mass is 10.2. The van der Waals surface area contributed by atoms with E-state index in [0.29, 0.717) is 0 Å². The molecular formula is C13H11N3S. The van der Waals surface area contributed by atoms with Gasteiger partial charge in [0.2, 0.25) is 0 Å². The minimum absolute atomic E-state index is 0.957. The van der Waals surface area contributed by atoms with Gasteiger partial charge in [0.05, 0.1) is 0 Å². The smallest absolute Gasteiger partial charge is 0.143 e. The van der Waals surface area contributed by atoms with Crippen LogP contribution >= 0.6 is 11.3 Å². The van der Waals surface area contributed by atoms with E-state index in [9.17, 15) is 0 Å². The van der Waals surface area contributed by atoms with Crippen molar-refractivity contribution in [3.05, 3.63) is 42.6 Å². The maximum Gasteiger partial charge on any atom is 0.143 e. The van der Waals surface area contributed by atoms with Crippen LogP contribution in [0.1, 0.15) is 0 Å². The normalized spacial score (nSPS) is 10.6. The number of nitrogens with one attached hydrogen (secondary N) is 1. The molecule has 17 heavy (non-hydrogen) atoms. The minimum atomic E-state index is 0.957. The second-order valence-electron chi connectivity index (χ2n) is 3.64. The molecule has 0 atom stereocenters. The Morgan fingerprint density at radius 1 is 1.12 bits per heavy atom. The molecule has 0 aliphatic heterocycles. The highest BCUT2D eigenvalue weighted by molar-refractivity contribution is 7.21. The van der Waals surface area contributed by atoms with E-state index in [1.807, 2.05) is 31.3 Å². The lowest BCUT2D eigenvalue weighted by Crippen LogP contribution is -1.90. The zero-order valence-corrected chi connectivity index (χ0v) is 10.2. The summed E-state index contributed by atoms with van der Waals surface area (Å²) in [7, 11) is 1.92. The van der Waals surface area contributed by atoms with Gasteiger partial charge >= 0.3 is 0 Å². The van der Waals surface area contributed by atoms with Gasteiger partial charge in [0, 0.05) is 24.5 Å². The number of hydrogen-bond donors (Lipinski definition) is 1. The molecule has 1 aromatic carbocycles. The molecule has 0 radical (unpaired) electrons. The van der Waals surface area contributed by atoms with Crippen molar-refractivity contribution in [3.63, 3.8) is 0 Å². The predicted octanol–water partition coefficient (Wildman–Crippen LogP) is 3.40. The summed E-state index contributed by atoms with van der Waals surface area (Å²) in [6.45, 7) is 0. The molecule has 2 heterocycles. The third-order valence-corrected chi connectivity index (χ3v) is 3.61. The molecular weight excluding hydrogens is 230 g/mol. The lowest BCUT2D eigenvalue weighted by Gasteiger charge is -2.04. The van der Waals surface area contributed by atoms with E-state index in [2.05, 4.69) is 27.4 Å². The standard InChI is InChI=1S/C13H11N3S/c1-14-10-6-3-2-5-9(10)12-16-11-7-4-8-15-13(11)17-12/h2-8,14H,1H3. The Morgan fingerprint density at radius 2 is 2.00 bits per heavy atom. The van der Waals surface area contributed by atoms with Crippen LogP contribution in [0.3, 0.4) is 0 Å². The van der Waals surface area contributed by atoms with Crippen molar-refractivity contribution < 1.29 is 0 Å². The van der Waals surface area contributed by atoms with E-state index in [4.69, 9.17) is 0 Å². The first kappa shape index (κ1) is 10.2. The molecule has 0 fully saturated rings.